The van der Waals surface area contributed by atoms with Crippen LogP contribution in [0.15, 0.2) is 66.7 Å². The molecule has 3 aromatic carbocycles. The Hall–Kier alpha value is -3.93. The van der Waals surface area contributed by atoms with Crippen LogP contribution in [0.4, 0.5) is 0 Å². The van der Waals surface area contributed by atoms with Crippen molar-refractivity contribution in [3.8, 4) is 11.5 Å². The van der Waals surface area contributed by atoms with Gasteiger partial charge >= 0.3 is 0 Å². The number of carbonyl (C=O) groups is 1. The minimum absolute atomic E-state index is 0.0635. The Labute approximate surface area is 172 Å². The fourth-order valence-corrected chi connectivity index (χ4v) is 4.33. The molecule has 0 aliphatic heterocycles. The zero-order valence-corrected chi connectivity index (χ0v) is 16.1. The Morgan fingerprint density at radius 1 is 0.933 bits per heavy atom. The average molecular weight is 393 g/mol. The number of rotatable bonds is 3. The minimum atomic E-state index is -0.0635. The zero-order valence-electron chi connectivity index (χ0n) is 16.1. The summed E-state index contributed by atoms with van der Waals surface area (Å²) in [5.41, 5.74) is 6.69. The van der Waals surface area contributed by atoms with Gasteiger partial charge in [-0.05, 0) is 54.3 Å². The summed E-state index contributed by atoms with van der Waals surface area (Å²) in [7, 11) is 0. The highest BCUT2D eigenvalue weighted by Crippen LogP contribution is 2.27. The van der Waals surface area contributed by atoms with Crippen LogP contribution in [0.25, 0.3) is 33.5 Å². The van der Waals surface area contributed by atoms with Gasteiger partial charge in [-0.3, -0.25) is 9.89 Å². The first-order chi connectivity index (χ1) is 14.7. The first-order valence-electron chi connectivity index (χ1n) is 10.1. The van der Waals surface area contributed by atoms with Gasteiger partial charge in [-0.1, -0.05) is 36.4 Å². The molecule has 5 aromatic rings. The van der Waals surface area contributed by atoms with Crippen LogP contribution in [0.3, 0.4) is 0 Å². The van der Waals surface area contributed by atoms with E-state index in [1.165, 1.54) is 11.1 Å². The molecule has 30 heavy (non-hydrogen) atoms. The van der Waals surface area contributed by atoms with E-state index in [9.17, 15) is 4.79 Å². The van der Waals surface area contributed by atoms with Gasteiger partial charge < -0.3 is 10.3 Å². The first-order valence-corrected chi connectivity index (χ1v) is 10.1. The van der Waals surface area contributed by atoms with E-state index in [4.69, 9.17) is 0 Å². The second kappa shape index (κ2) is 6.56. The summed E-state index contributed by atoms with van der Waals surface area (Å²) in [6, 6.07) is 22.0. The molecule has 3 N–H and O–H groups in total. The van der Waals surface area contributed by atoms with Crippen molar-refractivity contribution in [2.45, 2.75) is 18.9 Å². The number of nitrogens with zero attached hydrogens (tertiary/aromatic N) is 2. The topological polar surface area (TPSA) is 86.5 Å². The maximum atomic E-state index is 12.9. The number of fused-ring (bicyclic) bond motifs is 3. The molecule has 0 saturated heterocycles. The molecule has 2 aromatic heterocycles. The molecule has 2 heterocycles. The molecule has 146 valence electrons. The molecule has 0 bridgehead atoms. The van der Waals surface area contributed by atoms with E-state index in [0.29, 0.717) is 17.1 Å². The molecule has 1 amide bonds. The fourth-order valence-electron chi connectivity index (χ4n) is 4.33. The number of hydrogen-bond acceptors (Lipinski definition) is 3. The van der Waals surface area contributed by atoms with Crippen molar-refractivity contribution in [3.05, 3.63) is 83.4 Å². The Morgan fingerprint density at radius 3 is 2.50 bits per heavy atom. The molecule has 0 atom stereocenters. The average Bonchev–Trinajstić information content (AvgIpc) is 3.48. The Morgan fingerprint density at radius 2 is 1.70 bits per heavy atom. The summed E-state index contributed by atoms with van der Waals surface area (Å²) in [6.45, 7) is 0. The van der Waals surface area contributed by atoms with Crippen molar-refractivity contribution in [1.29, 1.82) is 0 Å². The third-order valence-electron chi connectivity index (χ3n) is 5.82. The largest absolute Gasteiger partial charge is 0.349 e. The lowest BCUT2D eigenvalue weighted by atomic mass is 10.1. The first kappa shape index (κ1) is 17.0. The third kappa shape index (κ3) is 2.76. The minimum Gasteiger partial charge on any atom is -0.349 e. The van der Waals surface area contributed by atoms with Crippen molar-refractivity contribution in [1.82, 2.24) is 25.5 Å². The summed E-state index contributed by atoms with van der Waals surface area (Å²) < 4.78 is 0. The van der Waals surface area contributed by atoms with Crippen LogP contribution in [-0.4, -0.2) is 32.1 Å². The van der Waals surface area contributed by atoms with Gasteiger partial charge in [0.1, 0.15) is 5.69 Å². The number of aromatic nitrogens is 4. The van der Waals surface area contributed by atoms with Gasteiger partial charge in [0.15, 0.2) is 5.82 Å². The zero-order chi connectivity index (χ0) is 20.1. The van der Waals surface area contributed by atoms with Crippen LogP contribution in [0, 0.1) is 0 Å². The number of nitrogens with one attached hydrogen (secondary N) is 3. The van der Waals surface area contributed by atoms with E-state index in [2.05, 4.69) is 49.7 Å². The molecule has 0 saturated carbocycles. The Bertz CT molecular complexity index is 1360. The lowest BCUT2D eigenvalue weighted by Gasteiger charge is -2.12. The molecule has 1 aliphatic rings. The number of hydrogen-bond donors (Lipinski definition) is 3. The van der Waals surface area contributed by atoms with Gasteiger partial charge in [0.05, 0.1) is 16.6 Å². The quantitative estimate of drug-likeness (QED) is 0.433. The van der Waals surface area contributed by atoms with Gasteiger partial charge in [0.2, 0.25) is 0 Å². The van der Waals surface area contributed by atoms with Crippen LogP contribution in [0.1, 0.15) is 21.5 Å². The second-order valence-electron chi connectivity index (χ2n) is 7.78. The molecule has 0 unspecified atom stereocenters. The molecule has 6 heteroatoms. The molecule has 0 spiro atoms. The number of para-hydroxylation sites is 2. The normalized spacial score (nSPS) is 13.7. The highest BCUT2D eigenvalue weighted by atomic mass is 16.1. The van der Waals surface area contributed by atoms with Gasteiger partial charge in [-0.25, -0.2) is 4.98 Å². The number of imidazole rings is 1. The maximum Gasteiger partial charge on any atom is 0.251 e. The molecular weight excluding hydrogens is 374 g/mol. The molecule has 0 fully saturated rings. The molecular formula is C24H19N5O. The van der Waals surface area contributed by atoms with Crippen molar-refractivity contribution >= 4 is 27.8 Å². The van der Waals surface area contributed by atoms with E-state index < -0.39 is 0 Å². The summed E-state index contributed by atoms with van der Waals surface area (Å²) in [5.74, 6) is 0.623. The molecule has 6 rings (SSSR count). The summed E-state index contributed by atoms with van der Waals surface area (Å²) >= 11 is 0. The number of H-pyrrole nitrogens is 2. The number of amides is 1. The van der Waals surface area contributed by atoms with Crippen molar-refractivity contribution < 1.29 is 4.79 Å². The standard InChI is InChI=1S/C24H19N5O/c30-24(25-17-11-14-5-1-2-6-15(14)12-17)16-9-10-19-18(13-16)22(29-28-19)23-26-20-7-3-4-8-21(20)27-23/h1-10,13,17H,11-12H2,(H,25,30)(H,26,27)(H,28,29). The van der Waals surface area contributed by atoms with Gasteiger partial charge in [0.25, 0.3) is 5.91 Å². The Kier molecular flexibility index (Phi) is 3.71. The van der Waals surface area contributed by atoms with E-state index in [0.717, 1.165) is 34.8 Å². The molecule has 1 aliphatic carbocycles. The van der Waals surface area contributed by atoms with E-state index in [1.54, 1.807) is 0 Å². The smallest absolute Gasteiger partial charge is 0.251 e. The molecule has 6 nitrogen and oxygen atoms in total. The monoisotopic (exact) mass is 393 g/mol. The van der Waals surface area contributed by atoms with Crippen molar-refractivity contribution in [2.75, 3.05) is 0 Å². The highest BCUT2D eigenvalue weighted by Gasteiger charge is 2.23. The van der Waals surface area contributed by atoms with E-state index in [1.807, 2.05) is 42.5 Å². The summed E-state index contributed by atoms with van der Waals surface area (Å²) in [4.78, 5) is 20.9. The Balaban J connectivity index is 1.30. The lowest BCUT2D eigenvalue weighted by molar-refractivity contribution is 0.0938. The van der Waals surface area contributed by atoms with Crippen LogP contribution in [0.5, 0.6) is 0 Å². The summed E-state index contributed by atoms with van der Waals surface area (Å²) in [5, 5.41) is 11.5. The van der Waals surface area contributed by atoms with Gasteiger partial charge in [0, 0.05) is 17.0 Å². The summed E-state index contributed by atoms with van der Waals surface area (Å²) in [6.07, 6.45) is 1.75. The SMILES string of the molecule is O=C(NC1Cc2ccccc2C1)c1ccc2[nH]nc(-c3nc4ccccc4[nH]3)c2c1. The number of benzene rings is 3. The lowest BCUT2D eigenvalue weighted by Crippen LogP contribution is -2.35. The van der Waals surface area contributed by atoms with E-state index >= 15 is 0 Å². The predicted octanol–water partition coefficient (Wildman–Crippen LogP) is 4.00. The predicted molar refractivity (Wildman–Crippen MR) is 116 cm³/mol. The van der Waals surface area contributed by atoms with Crippen LogP contribution in [0.2, 0.25) is 0 Å². The fraction of sp³-hybridized carbons (Fsp3) is 0.125. The second-order valence-corrected chi connectivity index (χ2v) is 7.78. The van der Waals surface area contributed by atoms with Crippen molar-refractivity contribution in [2.24, 2.45) is 0 Å². The third-order valence-corrected chi connectivity index (χ3v) is 5.82. The maximum absolute atomic E-state index is 12.9. The number of carbonyl (C=O) groups excluding carboxylic acids is 1. The van der Waals surface area contributed by atoms with Gasteiger partial charge in [-0.2, -0.15) is 5.10 Å². The van der Waals surface area contributed by atoms with Gasteiger partial charge in [-0.15, -0.1) is 0 Å². The van der Waals surface area contributed by atoms with Crippen molar-refractivity contribution in [3.63, 3.8) is 0 Å². The van der Waals surface area contributed by atoms with Crippen LogP contribution >= 0.6 is 0 Å². The molecule has 0 radical (unpaired) electrons. The van der Waals surface area contributed by atoms with E-state index in [-0.39, 0.29) is 11.9 Å². The highest BCUT2D eigenvalue weighted by molar-refractivity contribution is 6.01. The van der Waals surface area contributed by atoms with Crippen LogP contribution in [-0.2, 0) is 12.8 Å². The van der Waals surface area contributed by atoms with Crippen LogP contribution < -0.4 is 5.32 Å². The number of aromatic amines is 2.